The Kier molecular flexibility index (Phi) is 21.5. The molecule has 10 atom stereocenters. The molecule has 15 heteroatoms. The van der Waals surface area contributed by atoms with Crippen molar-refractivity contribution < 1.29 is 57.5 Å². The van der Waals surface area contributed by atoms with Crippen molar-refractivity contribution in [3.8, 4) is 23.0 Å². The third-order valence-corrected chi connectivity index (χ3v) is 18.2. The Labute approximate surface area is 498 Å². The first-order valence-electron chi connectivity index (χ1n) is 30.6. The van der Waals surface area contributed by atoms with Crippen LogP contribution < -0.4 is 24.3 Å². The van der Waals surface area contributed by atoms with Crippen molar-refractivity contribution >= 4 is 29.7 Å². The lowest BCUT2D eigenvalue weighted by molar-refractivity contribution is -0.191. The van der Waals surface area contributed by atoms with E-state index in [4.69, 9.17) is 38.0 Å². The minimum absolute atomic E-state index is 0.141. The summed E-state index contributed by atoms with van der Waals surface area (Å²) in [6, 6.07) is 33.1. The predicted molar refractivity (Wildman–Crippen MR) is 323 cm³/mol. The highest BCUT2D eigenvalue weighted by molar-refractivity contribution is 6.00. The van der Waals surface area contributed by atoms with Gasteiger partial charge in [0.15, 0.2) is 5.78 Å². The summed E-state index contributed by atoms with van der Waals surface area (Å²) < 4.78 is 33.5. The Bertz CT molecular complexity index is 2880. The van der Waals surface area contributed by atoms with Crippen molar-refractivity contribution in [3.05, 3.63) is 124 Å². The molecule has 5 saturated heterocycles. The number of methoxy groups -OCH3 is 3. The number of aliphatic hydroxyl groups is 1. The predicted octanol–water partition coefficient (Wildman–Crippen LogP) is 13.3. The van der Waals surface area contributed by atoms with Crippen LogP contribution in [-0.4, -0.2) is 121 Å². The molecule has 7 aliphatic rings. The second-order valence-corrected chi connectivity index (χ2v) is 25.8. The smallest absolute Gasteiger partial charge is 0.410 e. The highest BCUT2D eigenvalue weighted by Crippen LogP contribution is 2.46. The molecule has 4 aromatic rings. The normalized spacial score (nSPS) is 25.8. The van der Waals surface area contributed by atoms with Crippen LogP contribution in [0.2, 0.25) is 0 Å². The molecule has 6 unspecified atom stereocenters. The monoisotopic (exact) mass is 1150 g/mol. The molecule has 6 aliphatic heterocycles. The van der Waals surface area contributed by atoms with Crippen LogP contribution in [-0.2, 0) is 25.5 Å². The van der Waals surface area contributed by atoms with E-state index >= 15 is 0 Å². The zero-order valence-electron chi connectivity index (χ0n) is 51.3. The maximum atomic E-state index is 12.8. The Morgan fingerprint density at radius 2 is 1.07 bits per heavy atom. The minimum atomic E-state index is -0.491. The van der Waals surface area contributed by atoms with Gasteiger partial charge in [0.2, 0.25) is 0 Å². The van der Waals surface area contributed by atoms with Crippen molar-refractivity contribution in [2.24, 2.45) is 11.8 Å². The number of Topliss-reactive ketones (excluding diaryl/α,β-unsaturated/α-hetero) is 1. The molecule has 0 radical (unpaired) electrons. The van der Waals surface area contributed by atoms with Crippen LogP contribution in [0.4, 0.5) is 9.59 Å². The van der Waals surface area contributed by atoms with Gasteiger partial charge in [-0.1, -0.05) is 55.0 Å². The molecule has 84 heavy (non-hydrogen) atoms. The molecule has 6 bridgehead atoms. The fourth-order valence-electron chi connectivity index (χ4n) is 14.2. The summed E-state index contributed by atoms with van der Waals surface area (Å²) in [7, 11) is 5.06. The van der Waals surface area contributed by atoms with Gasteiger partial charge in [-0.25, -0.2) is 9.59 Å². The summed E-state index contributed by atoms with van der Waals surface area (Å²) >= 11 is 0. The van der Waals surface area contributed by atoms with Gasteiger partial charge in [0.05, 0.1) is 27.9 Å². The average molecular weight is 1150 g/mol. The van der Waals surface area contributed by atoms with E-state index in [1.165, 1.54) is 40.7 Å². The maximum absolute atomic E-state index is 12.8. The lowest BCUT2D eigenvalue weighted by atomic mass is 9.78. The summed E-state index contributed by atoms with van der Waals surface area (Å²) in [6.07, 6.45) is 14.9. The highest BCUT2D eigenvalue weighted by atomic mass is 16.6. The number of nitrogens with zero attached hydrogens (tertiary/aromatic N) is 2. The van der Waals surface area contributed by atoms with Crippen LogP contribution in [0.25, 0.3) is 5.57 Å². The zero-order chi connectivity index (χ0) is 60.3. The number of fused-ring (bicyclic) bond motifs is 7. The van der Waals surface area contributed by atoms with Crippen molar-refractivity contribution in [2.75, 3.05) is 34.5 Å². The quantitative estimate of drug-likeness (QED) is 0.145. The van der Waals surface area contributed by atoms with E-state index in [0.717, 1.165) is 111 Å². The van der Waals surface area contributed by atoms with E-state index in [0.29, 0.717) is 36.9 Å². The second-order valence-electron chi connectivity index (χ2n) is 25.8. The average Bonchev–Trinajstić information content (AvgIpc) is 3.74. The van der Waals surface area contributed by atoms with Gasteiger partial charge < -0.3 is 48.6 Å². The number of carbonyl (C=O) groups is 3. The minimum Gasteiger partial charge on any atom is -0.497 e. The number of aryl methyl sites for hydroxylation is 1. The van der Waals surface area contributed by atoms with Crippen LogP contribution in [0, 0.1) is 11.8 Å². The third kappa shape index (κ3) is 16.0. The first-order valence-corrected chi connectivity index (χ1v) is 30.6. The lowest BCUT2D eigenvalue weighted by Crippen LogP contribution is -2.43. The van der Waals surface area contributed by atoms with Gasteiger partial charge >= 0.3 is 18.3 Å². The molecule has 5 fully saturated rings. The molecule has 454 valence electrons. The number of rotatable bonds is 11. The standard InChI is InChI=1S/C25H29NO3.C22H31NO3.C21H31NO4.CO2/c1-28-21-8-2-16(3-9-21)23-13-20-7-6-19(26-20)12-18(23)15-29-22-10-4-17-5-11-25(27)24(17)14-22;1-6-15-13-17-9-10-18(23(17)21(24)26-22(2,3)4)14-20(15)16-7-11-19(25-5)12-8-16;1-21(2,3)26-20(24)22-16-7-8-17(22)12-19(15(11-16)13-23)14-5-9-18(25-4)10-6-14;2-1-3/h2-4,8-10,14,18-20,23,26H,5-7,11-13,15H2,1H3;7-8,11-12,17-18H,6,9-10,13-14H2,1-5H3;5-6,9-10,15-17,19,23H,7-8,11-13H2,1-4H3;/t18-,19?,20?,23-;;15-,16?,17?,19-;/m1.1./s1. The molecule has 1 aliphatic carbocycles. The van der Waals surface area contributed by atoms with Crippen molar-refractivity contribution in [1.29, 1.82) is 0 Å². The number of nitrogens with one attached hydrogen (secondary N) is 1. The second kappa shape index (κ2) is 28.5. The molecule has 0 saturated carbocycles. The van der Waals surface area contributed by atoms with Crippen molar-refractivity contribution in [1.82, 2.24) is 15.1 Å². The molecular weight excluding hydrogens is 1060 g/mol. The molecule has 2 amide bonds. The van der Waals surface area contributed by atoms with E-state index < -0.39 is 11.2 Å². The third-order valence-electron chi connectivity index (χ3n) is 18.2. The summed E-state index contributed by atoms with van der Waals surface area (Å²) in [5.74, 6) is 5.01. The van der Waals surface area contributed by atoms with Gasteiger partial charge in [-0.05, 0) is 226 Å². The molecule has 11 rings (SSSR count). The number of benzene rings is 4. The van der Waals surface area contributed by atoms with Gasteiger partial charge in [-0.2, -0.15) is 9.59 Å². The molecule has 4 aromatic carbocycles. The van der Waals surface area contributed by atoms with E-state index in [2.05, 4.69) is 66.8 Å². The van der Waals surface area contributed by atoms with Crippen molar-refractivity contribution in [2.45, 2.75) is 204 Å². The molecule has 15 nitrogen and oxygen atoms in total. The maximum Gasteiger partial charge on any atom is 0.410 e. The number of carbonyl (C=O) groups excluding carboxylic acids is 5. The van der Waals surface area contributed by atoms with Gasteiger partial charge in [-0.15, -0.1) is 0 Å². The Morgan fingerprint density at radius 3 is 1.60 bits per heavy atom. The number of ether oxygens (including phenoxy) is 6. The summed E-state index contributed by atoms with van der Waals surface area (Å²) in [5, 5.41) is 13.8. The molecule has 0 spiro atoms. The van der Waals surface area contributed by atoms with Gasteiger partial charge in [-0.3, -0.25) is 4.79 Å². The SMILES string of the molecule is CCC1=C(c2ccc(OC)cc2)CC2CCC(C1)N2C(=O)OC(C)(C)C.COc1ccc([C@H]2CC3CCC(C[C@@H]2CO)N3C(=O)OC(C)(C)C)cc1.COc1ccc([C@H]2CC3CCC(C[C@@H]2COc2ccc4c(c2)C(=O)CC4)N3)cc1.O=C=O. The number of hydrogen-bond donors (Lipinski definition) is 2. The molecular formula is C69H91N3O12. The van der Waals surface area contributed by atoms with Gasteiger partial charge in [0.25, 0.3) is 0 Å². The van der Waals surface area contributed by atoms with E-state index in [1.807, 2.05) is 87.7 Å². The van der Waals surface area contributed by atoms with Crippen LogP contribution in [0.1, 0.15) is 183 Å². The lowest BCUT2D eigenvalue weighted by Gasteiger charge is -2.31. The zero-order valence-corrected chi connectivity index (χ0v) is 51.3. The fraction of sp³-hybridized carbons (Fsp3) is 0.565. The van der Waals surface area contributed by atoms with Gasteiger partial charge in [0.1, 0.15) is 34.2 Å². The van der Waals surface area contributed by atoms with Crippen LogP contribution >= 0.6 is 0 Å². The van der Waals surface area contributed by atoms with Gasteiger partial charge in [0, 0.05) is 60.8 Å². The highest BCUT2D eigenvalue weighted by Gasteiger charge is 2.46. The van der Waals surface area contributed by atoms with Crippen LogP contribution in [0.5, 0.6) is 23.0 Å². The van der Waals surface area contributed by atoms with E-state index in [-0.39, 0.29) is 66.7 Å². The Balaban J connectivity index is 0.000000161. The number of ketones is 1. The number of aliphatic hydroxyl groups excluding tert-OH is 1. The first kappa shape index (κ1) is 63.4. The fourth-order valence-corrected chi connectivity index (χ4v) is 14.2. The van der Waals surface area contributed by atoms with E-state index in [9.17, 15) is 19.5 Å². The number of hydrogen-bond acceptors (Lipinski definition) is 13. The van der Waals surface area contributed by atoms with Crippen LogP contribution in [0.15, 0.2) is 96.6 Å². The Morgan fingerprint density at radius 1 is 0.595 bits per heavy atom. The molecule has 2 N–H and O–H groups in total. The topological polar surface area (TPSA) is 179 Å². The molecule has 0 aromatic heterocycles. The van der Waals surface area contributed by atoms with Crippen molar-refractivity contribution in [3.63, 3.8) is 0 Å². The van der Waals surface area contributed by atoms with E-state index in [1.54, 1.807) is 21.3 Å². The summed E-state index contributed by atoms with van der Waals surface area (Å²) in [5.41, 5.74) is 7.77. The largest absolute Gasteiger partial charge is 0.497 e. The molecule has 6 heterocycles. The Hall–Kier alpha value is -6.67. The summed E-state index contributed by atoms with van der Waals surface area (Å²) in [4.78, 5) is 57.9. The summed E-state index contributed by atoms with van der Waals surface area (Å²) in [6.45, 7) is 14.6. The first-order chi connectivity index (χ1) is 40.2. The van der Waals surface area contributed by atoms with Crippen LogP contribution in [0.3, 0.4) is 0 Å². The number of amides is 2.